The van der Waals surface area contributed by atoms with Crippen molar-refractivity contribution < 1.29 is 0 Å². The summed E-state index contributed by atoms with van der Waals surface area (Å²) in [5.74, 6) is 0. The molecule has 76 valence electrons. The number of nitrogens with two attached hydrogens (primary N) is 1. The Hall–Kier alpha value is -0.300. The van der Waals surface area contributed by atoms with Gasteiger partial charge in [-0.1, -0.05) is 51.2 Å². The molecule has 2 N–H and O–H groups in total. The largest absolute Gasteiger partial charge is 0.322 e. The zero-order valence-corrected chi connectivity index (χ0v) is 8.89. The topological polar surface area (TPSA) is 26.0 Å². The first-order chi connectivity index (χ1) is 6.27. The first-order valence-corrected chi connectivity index (χ1v) is 5.73. The van der Waals surface area contributed by atoms with Crippen molar-refractivity contribution in [3.63, 3.8) is 0 Å². The van der Waals surface area contributed by atoms with Crippen LogP contribution in [0.15, 0.2) is 12.2 Å². The lowest BCUT2D eigenvalue weighted by Crippen LogP contribution is -2.37. The molecule has 0 bridgehead atoms. The van der Waals surface area contributed by atoms with Crippen LogP contribution in [0.25, 0.3) is 0 Å². The molecule has 0 aliphatic heterocycles. The van der Waals surface area contributed by atoms with E-state index in [1.807, 2.05) is 0 Å². The summed E-state index contributed by atoms with van der Waals surface area (Å²) in [6.07, 6.45) is 14.7. The Balaban J connectivity index is 2.46. The monoisotopic (exact) mass is 181 g/mol. The fourth-order valence-electron chi connectivity index (χ4n) is 2.08. The Morgan fingerprint density at radius 2 is 1.62 bits per heavy atom. The minimum atomic E-state index is 0.0242. The third kappa shape index (κ3) is 3.95. The van der Waals surface area contributed by atoms with Crippen LogP contribution in [0.1, 0.15) is 58.3 Å². The van der Waals surface area contributed by atoms with Crippen molar-refractivity contribution in [2.45, 2.75) is 63.8 Å². The predicted molar refractivity (Wildman–Crippen MR) is 58.7 cm³/mol. The van der Waals surface area contributed by atoms with Crippen molar-refractivity contribution >= 4 is 0 Å². The quantitative estimate of drug-likeness (QED) is 0.649. The summed E-state index contributed by atoms with van der Waals surface area (Å²) in [5, 5.41) is 0. The molecule has 1 nitrogen and oxygen atoms in total. The van der Waals surface area contributed by atoms with E-state index in [-0.39, 0.29) is 5.54 Å². The van der Waals surface area contributed by atoms with E-state index in [0.717, 1.165) is 6.42 Å². The van der Waals surface area contributed by atoms with Crippen LogP contribution in [-0.2, 0) is 0 Å². The summed E-state index contributed by atoms with van der Waals surface area (Å²) in [6, 6.07) is 0. The van der Waals surface area contributed by atoms with E-state index >= 15 is 0 Å². The van der Waals surface area contributed by atoms with E-state index in [2.05, 4.69) is 19.1 Å². The van der Waals surface area contributed by atoms with Crippen molar-refractivity contribution in [2.75, 3.05) is 0 Å². The highest BCUT2D eigenvalue weighted by molar-refractivity contribution is 5.04. The van der Waals surface area contributed by atoms with Gasteiger partial charge < -0.3 is 5.73 Å². The molecule has 1 rings (SSSR count). The first-order valence-electron chi connectivity index (χ1n) is 5.73. The molecule has 0 saturated heterocycles. The fraction of sp³-hybridized carbons (Fsp3) is 0.833. The summed E-state index contributed by atoms with van der Waals surface area (Å²) in [7, 11) is 0. The maximum absolute atomic E-state index is 6.33. The van der Waals surface area contributed by atoms with E-state index < -0.39 is 0 Å². The lowest BCUT2D eigenvalue weighted by Gasteiger charge is -2.28. The van der Waals surface area contributed by atoms with Crippen LogP contribution in [0.3, 0.4) is 0 Å². The Labute approximate surface area is 82.4 Å². The second kappa shape index (κ2) is 5.43. The molecule has 13 heavy (non-hydrogen) atoms. The zero-order chi connectivity index (χ0) is 9.57. The van der Waals surface area contributed by atoms with Gasteiger partial charge in [0.1, 0.15) is 0 Å². The summed E-state index contributed by atoms with van der Waals surface area (Å²) in [5.41, 5.74) is 6.35. The van der Waals surface area contributed by atoms with Crippen LogP contribution in [-0.4, -0.2) is 5.54 Å². The van der Waals surface area contributed by atoms with Crippen LogP contribution < -0.4 is 5.73 Å². The SMILES string of the molecule is CCC=CC1(N)CCCCCCC1. The van der Waals surface area contributed by atoms with Crippen LogP contribution in [0.5, 0.6) is 0 Å². The molecule has 0 amide bonds. The Kier molecular flexibility index (Phi) is 4.51. The van der Waals surface area contributed by atoms with Gasteiger partial charge in [0, 0.05) is 5.54 Å². The molecule has 0 atom stereocenters. The minimum absolute atomic E-state index is 0.0242. The number of allylic oxidation sites excluding steroid dienone is 1. The van der Waals surface area contributed by atoms with Crippen LogP contribution >= 0.6 is 0 Å². The van der Waals surface area contributed by atoms with Crippen molar-refractivity contribution in [1.82, 2.24) is 0 Å². The Morgan fingerprint density at radius 1 is 1.08 bits per heavy atom. The molecule has 0 radical (unpaired) electrons. The van der Waals surface area contributed by atoms with Gasteiger partial charge in [-0.2, -0.15) is 0 Å². The van der Waals surface area contributed by atoms with E-state index in [1.54, 1.807) is 0 Å². The molecule has 0 aromatic carbocycles. The molecule has 0 heterocycles. The highest BCUT2D eigenvalue weighted by atomic mass is 14.7. The minimum Gasteiger partial charge on any atom is -0.322 e. The predicted octanol–water partition coefficient (Wildman–Crippen LogP) is 3.39. The van der Waals surface area contributed by atoms with Crippen LogP contribution in [0, 0.1) is 0 Å². The number of hydrogen-bond donors (Lipinski definition) is 1. The van der Waals surface area contributed by atoms with Gasteiger partial charge in [0.25, 0.3) is 0 Å². The first kappa shape index (κ1) is 10.8. The van der Waals surface area contributed by atoms with Gasteiger partial charge in [-0.15, -0.1) is 0 Å². The third-order valence-electron chi connectivity index (χ3n) is 2.97. The summed E-state index contributed by atoms with van der Waals surface area (Å²) < 4.78 is 0. The number of rotatable bonds is 2. The van der Waals surface area contributed by atoms with Gasteiger partial charge in [-0.3, -0.25) is 0 Å². The molecule has 0 aromatic rings. The number of hydrogen-bond acceptors (Lipinski definition) is 1. The normalized spacial score (nSPS) is 24.2. The maximum atomic E-state index is 6.33. The molecular weight excluding hydrogens is 158 g/mol. The average Bonchev–Trinajstić information content (AvgIpc) is 2.09. The van der Waals surface area contributed by atoms with Gasteiger partial charge in [-0.25, -0.2) is 0 Å². The lowest BCUT2D eigenvalue weighted by atomic mass is 9.84. The maximum Gasteiger partial charge on any atom is 0.0339 e. The van der Waals surface area contributed by atoms with Gasteiger partial charge in [0.15, 0.2) is 0 Å². The van der Waals surface area contributed by atoms with E-state index in [4.69, 9.17) is 5.73 Å². The van der Waals surface area contributed by atoms with Crippen molar-refractivity contribution in [2.24, 2.45) is 5.73 Å². The standard InChI is InChI=1S/C12H23N/c1-2-3-9-12(13)10-7-5-4-6-8-11-12/h3,9H,2,4-8,10-11,13H2,1H3. The lowest BCUT2D eigenvalue weighted by molar-refractivity contribution is 0.378. The van der Waals surface area contributed by atoms with E-state index in [1.165, 1.54) is 44.9 Å². The van der Waals surface area contributed by atoms with Crippen molar-refractivity contribution in [1.29, 1.82) is 0 Å². The molecular formula is C12H23N. The van der Waals surface area contributed by atoms with Crippen LogP contribution in [0.2, 0.25) is 0 Å². The molecule has 1 aliphatic rings. The summed E-state index contributed by atoms with van der Waals surface area (Å²) in [6.45, 7) is 2.17. The second-order valence-electron chi connectivity index (χ2n) is 4.31. The Morgan fingerprint density at radius 3 is 2.15 bits per heavy atom. The van der Waals surface area contributed by atoms with Crippen molar-refractivity contribution in [3.8, 4) is 0 Å². The van der Waals surface area contributed by atoms with Gasteiger partial charge in [0.05, 0.1) is 0 Å². The highest BCUT2D eigenvalue weighted by Gasteiger charge is 2.21. The summed E-state index contributed by atoms with van der Waals surface area (Å²) in [4.78, 5) is 0. The van der Waals surface area contributed by atoms with Gasteiger partial charge in [-0.05, 0) is 19.3 Å². The molecule has 1 saturated carbocycles. The van der Waals surface area contributed by atoms with Gasteiger partial charge in [0.2, 0.25) is 0 Å². The highest BCUT2D eigenvalue weighted by Crippen LogP contribution is 2.25. The van der Waals surface area contributed by atoms with Crippen LogP contribution in [0.4, 0.5) is 0 Å². The molecule has 1 aliphatic carbocycles. The molecule has 1 fully saturated rings. The molecule has 0 aromatic heterocycles. The van der Waals surface area contributed by atoms with E-state index in [9.17, 15) is 0 Å². The second-order valence-corrected chi connectivity index (χ2v) is 4.31. The molecule has 1 heteroatoms. The van der Waals surface area contributed by atoms with Crippen molar-refractivity contribution in [3.05, 3.63) is 12.2 Å². The zero-order valence-electron chi connectivity index (χ0n) is 8.89. The molecule has 0 spiro atoms. The summed E-state index contributed by atoms with van der Waals surface area (Å²) >= 11 is 0. The third-order valence-corrected chi connectivity index (χ3v) is 2.97. The Bertz CT molecular complexity index is 153. The molecule has 0 unspecified atom stereocenters. The van der Waals surface area contributed by atoms with E-state index in [0.29, 0.717) is 0 Å². The average molecular weight is 181 g/mol. The fourth-order valence-corrected chi connectivity index (χ4v) is 2.08. The smallest absolute Gasteiger partial charge is 0.0339 e. The van der Waals surface area contributed by atoms with Gasteiger partial charge >= 0.3 is 0 Å².